The maximum Gasteiger partial charge on any atom is 0.416 e. The third-order valence-corrected chi connectivity index (χ3v) is 4.37. The zero-order valence-corrected chi connectivity index (χ0v) is 15.4. The van der Waals surface area contributed by atoms with Crippen molar-refractivity contribution in [3.05, 3.63) is 47.4 Å². The zero-order chi connectivity index (χ0) is 21.9. The number of rotatable bonds is 4. The van der Waals surface area contributed by atoms with Crippen LogP contribution in [0.5, 0.6) is 0 Å². The van der Waals surface area contributed by atoms with Crippen LogP contribution in [0.2, 0.25) is 0 Å². The monoisotopic (exact) mass is 433 g/mol. The zero-order valence-electron chi connectivity index (χ0n) is 15.4. The van der Waals surface area contributed by atoms with Gasteiger partial charge in [0.1, 0.15) is 11.6 Å². The van der Waals surface area contributed by atoms with Crippen LogP contribution in [0.25, 0.3) is 0 Å². The molecule has 2 heterocycles. The lowest BCUT2D eigenvalue weighted by Gasteiger charge is -2.17. The van der Waals surface area contributed by atoms with E-state index in [0.29, 0.717) is 18.0 Å². The molecule has 30 heavy (non-hydrogen) atoms. The van der Waals surface area contributed by atoms with E-state index in [1.807, 2.05) is 10.2 Å². The van der Waals surface area contributed by atoms with Crippen molar-refractivity contribution in [3.8, 4) is 0 Å². The van der Waals surface area contributed by atoms with E-state index < -0.39 is 35.2 Å². The second kappa shape index (κ2) is 8.36. The molecule has 1 aromatic heterocycles. The Morgan fingerprint density at radius 3 is 2.17 bits per heavy atom. The third kappa shape index (κ3) is 5.51. The number of hydrogen-bond donors (Lipinski definition) is 2. The number of carbonyl (C=O) groups excluding carboxylic acids is 1. The molecule has 0 saturated carbocycles. The predicted octanol–water partition coefficient (Wildman–Crippen LogP) is 4.44. The molecular weight excluding hydrogens is 416 g/mol. The average Bonchev–Trinajstić information content (AvgIpc) is 3.20. The molecule has 0 unspecified atom stereocenters. The highest BCUT2D eigenvalue weighted by Gasteiger charge is 2.37. The van der Waals surface area contributed by atoms with Gasteiger partial charge in [-0.25, -0.2) is 14.8 Å². The maximum absolute atomic E-state index is 12.9. The van der Waals surface area contributed by atoms with E-state index in [1.165, 1.54) is 6.20 Å². The SMILES string of the molecule is O=C(NCc1nccc(N2CCCC2)n1)Nc1cc(C(F)(F)F)cc(C(F)(F)F)c1. The smallest absolute Gasteiger partial charge is 0.357 e. The van der Waals surface area contributed by atoms with Crippen molar-refractivity contribution < 1.29 is 31.1 Å². The Kier molecular flexibility index (Phi) is 6.04. The summed E-state index contributed by atoms with van der Waals surface area (Å²) < 4.78 is 77.4. The van der Waals surface area contributed by atoms with Crippen molar-refractivity contribution in [1.29, 1.82) is 0 Å². The van der Waals surface area contributed by atoms with Crippen molar-refractivity contribution in [2.24, 2.45) is 0 Å². The van der Waals surface area contributed by atoms with Gasteiger partial charge in [-0.15, -0.1) is 0 Å². The van der Waals surface area contributed by atoms with Crippen LogP contribution in [0.3, 0.4) is 0 Å². The highest BCUT2D eigenvalue weighted by molar-refractivity contribution is 5.89. The molecule has 2 N–H and O–H groups in total. The minimum absolute atomic E-state index is 0.0131. The van der Waals surface area contributed by atoms with Gasteiger partial charge in [0.15, 0.2) is 0 Å². The normalized spacial score (nSPS) is 14.7. The number of anilines is 2. The summed E-state index contributed by atoms with van der Waals surface area (Å²) in [6, 6.07) is 1.58. The largest absolute Gasteiger partial charge is 0.416 e. The van der Waals surface area contributed by atoms with Crippen LogP contribution in [0, 0.1) is 0 Å². The number of aromatic nitrogens is 2. The van der Waals surface area contributed by atoms with Gasteiger partial charge in [0.2, 0.25) is 0 Å². The molecule has 12 heteroatoms. The standard InChI is InChI=1S/C18H17F6N5O/c19-17(20,21)11-7-12(18(22,23)24)9-13(8-11)27-16(30)26-10-14-25-4-3-15(28-14)29-5-1-2-6-29/h3-4,7-9H,1-2,5-6,10H2,(H2,26,27,30). The van der Waals surface area contributed by atoms with Gasteiger partial charge in [0.25, 0.3) is 0 Å². The number of halogens is 6. The van der Waals surface area contributed by atoms with Crippen LogP contribution in [-0.4, -0.2) is 29.1 Å². The Morgan fingerprint density at radius 2 is 1.60 bits per heavy atom. The number of benzene rings is 1. The lowest BCUT2D eigenvalue weighted by atomic mass is 10.1. The number of urea groups is 1. The van der Waals surface area contributed by atoms with E-state index in [1.54, 1.807) is 6.07 Å². The summed E-state index contributed by atoms with van der Waals surface area (Å²) in [5.74, 6) is 0.946. The lowest BCUT2D eigenvalue weighted by Crippen LogP contribution is -2.29. The van der Waals surface area contributed by atoms with Gasteiger partial charge in [0.05, 0.1) is 17.7 Å². The molecule has 3 rings (SSSR count). The minimum Gasteiger partial charge on any atom is -0.357 e. The maximum atomic E-state index is 12.9. The summed E-state index contributed by atoms with van der Waals surface area (Å²) in [7, 11) is 0. The molecule has 1 saturated heterocycles. The van der Waals surface area contributed by atoms with Gasteiger partial charge in [-0.1, -0.05) is 0 Å². The van der Waals surface area contributed by atoms with Crippen LogP contribution >= 0.6 is 0 Å². The fourth-order valence-electron chi connectivity index (χ4n) is 2.96. The van der Waals surface area contributed by atoms with Crippen molar-refractivity contribution in [1.82, 2.24) is 15.3 Å². The highest BCUT2D eigenvalue weighted by atomic mass is 19.4. The Balaban J connectivity index is 1.68. The number of hydrogen-bond acceptors (Lipinski definition) is 4. The van der Waals surface area contributed by atoms with E-state index in [-0.39, 0.29) is 18.4 Å². The Labute approximate surface area is 167 Å². The molecule has 0 spiro atoms. The van der Waals surface area contributed by atoms with Crippen LogP contribution in [0.4, 0.5) is 42.6 Å². The Morgan fingerprint density at radius 1 is 1.00 bits per heavy atom. The Hall–Kier alpha value is -3.05. The molecular formula is C18H17F6N5O. The average molecular weight is 433 g/mol. The van der Waals surface area contributed by atoms with Crippen molar-refractivity contribution >= 4 is 17.5 Å². The minimum atomic E-state index is -5.00. The van der Waals surface area contributed by atoms with Gasteiger partial charge in [-0.05, 0) is 37.1 Å². The second-order valence-corrected chi connectivity index (χ2v) is 6.63. The first kappa shape index (κ1) is 21.7. The van der Waals surface area contributed by atoms with Gasteiger partial charge in [-0.3, -0.25) is 0 Å². The molecule has 0 radical (unpaired) electrons. The first-order chi connectivity index (χ1) is 14.0. The molecule has 162 valence electrons. The van der Waals surface area contributed by atoms with Crippen molar-refractivity contribution in [2.75, 3.05) is 23.3 Å². The van der Waals surface area contributed by atoms with E-state index in [9.17, 15) is 31.1 Å². The first-order valence-electron chi connectivity index (χ1n) is 8.93. The molecule has 0 bridgehead atoms. The lowest BCUT2D eigenvalue weighted by molar-refractivity contribution is -0.143. The predicted molar refractivity (Wildman–Crippen MR) is 95.8 cm³/mol. The van der Waals surface area contributed by atoms with E-state index in [4.69, 9.17) is 0 Å². The van der Waals surface area contributed by atoms with Gasteiger partial charge < -0.3 is 15.5 Å². The summed E-state index contributed by atoms with van der Waals surface area (Å²) in [6.07, 6.45) is -6.41. The van der Waals surface area contributed by atoms with Gasteiger partial charge >= 0.3 is 18.4 Å². The topological polar surface area (TPSA) is 70.2 Å². The summed E-state index contributed by atoms with van der Waals surface area (Å²) in [4.78, 5) is 22.4. The quantitative estimate of drug-likeness (QED) is 0.700. The number of nitrogens with one attached hydrogen (secondary N) is 2. The van der Waals surface area contributed by atoms with E-state index >= 15 is 0 Å². The molecule has 2 aromatic rings. The molecule has 6 nitrogen and oxygen atoms in total. The summed E-state index contributed by atoms with van der Waals surface area (Å²) >= 11 is 0. The Bertz CT molecular complexity index is 876. The molecule has 1 fully saturated rings. The molecule has 1 aliphatic heterocycles. The number of carbonyl (C=O) groups is 1. The van der Waals surface area contributed by atoms with Crippen molar-refractivity contribution in [3.63, 3.8) is 0 Å². The first-order valence-corrected chi connectivity index (χ1v) is 8.93. The van der Waals surface area contributed by atoms with Gasteiger partial charge in [-0.2, -0.15) is 26.3 Å². The van der Waals surface area contributed by atoms with Gasteiger partial charge in [0, 0.05) is 25.0 Å². The molecule has 1 aliphatic rings. The molecule has 2 amide bonds. The van der Waals surface area contributed by atoms with E-state index in [0.717, 1.165) is 25.9 Å². The van der Waals surface area contributed by atoms with Crippen molar-refractivity contribution in [2.45, 2.75) is 31.7 Å². The van der Waals surface area contributed by atoms with Crippen LogP contribution in [0.1, 0.15) is 29.8 Å². The van der Waals surface area contributed by atoms with Crippen LogP contribution in [0.15, 0.2) is 30.5 Å². The third-order valence-electron chi connectivity index (χ3n) is 4.37. The second-order valence-electron chi connectivity index (χ2n) is 6.63. The fourth-order valence-corrected chi connectivity index (χ4v) is 2.96. The molecule has 1 aromatic carbocycles. The number of alkyl halides is 6. The molecule has 0 aliphatic carbocycles. The van der Waals surface area contributed by atoms with Crippen LogP contribution in [-0.2, 0) is 18.9 Å². The highest BCUT2D eigenvalue weighted by Crippen LogP contribution is 2.37. The fraction of sp³-hybridized carbons (Fsp3) is 0.389. The molecule has 0 atom stereocenters. The summed E-state index contributed by atoms with van der Waals surface area (Å²) in [6.45, 7) is 1.54. The summed E-state index contributed by atoms with van der Waals surface area (Å²) in [5.41, 5.74) is -3.68. The van der Waals surface area contributed by atoms with Crippen LogP contribution < -0.4 is 15.5 Å². The van der Waals surface area contributed by atoms with E-state index in [2.05, 4.69) is 15.3 Å². The number of nitrogens with zero attached hydrogens (tertiary/aromatic N) is 3. The summed E-state index contributed by atoms with van der Waals surface area (Å²) in [5, 5.41) is 4.32. The number of amides is 2.